The molecular weight excluding hydrogens is 298 g/mol. The van der Waals surface area contributed by atoms with E-state index in [-0.39, 0.29) is 17.9 Å². The first-order chi connectivity index (χ1) is 10.2. The van der Waals surface area contributed by atoms with Crippen LogP contribution in [0.25, 0.3) is 0 Å². The van der Waals surface area contributed by atoms with E-state index in [1.807, 2.05) is 0 Å². The van der Waals surface area contributed by atoms with Gasteiger partial charge in [0.25, 0.3) is 0 Å². The first kappa shape index (κ1) is 17.0. The first-order valence-corrected chi connectivity index (χ1v) is 7.89. The van der Waals surface area contributed by atoms with Gasteiger partial charge in [-0.15, -0.1) is 12.4 Å². The number of hydrogen-bond acceptors (Lipinski definition) is 4. The molecule has 0 saturated heterocycles. The fourth-order valence-electron chi connectivity index (χ4n) is 2.98. The predicted octanol–water partition coefficient (Wildman–Crippen LogP) is 3.57. The van der Waals surface area contributed by atoms with Gasteiger partial charge >= 0.3 is 0 Å². The van der Waals surface area contributed by atoms with Gasteiger partial charge < -0.3 is 10.3 Å². The molecule has 0 bridgehead atoms. The zero-order chi connectivity index (χ0) is 14.7. The molecular formula is C17H24ClN3O. The molecule has 1 aliphatic carbocycles. The normalized spacial score (nSPS) is 16.5. The van der Waals surface area contributed by atoms with Crippen molar-refractivity contribution in [2.24, 2.45) is 5.73 Å². The van der Waals surface area contributed by atoms with Crippen LogP contribution in [-0.4, -0.2) is 10.1 Å². The Morgan fingerprint density at radius 1 is 1.09 bits per heavy atom. The van der Waals surface area contributed by atoms with Crippen LogP contribution in [0, 0.1) is 0 Å². The molecule has 22 heavy (non-hydrogen) atoms. The van der Waals surface area contributed by atoms with Gasteiger partial charge in [-0.2, -0.15) is 4.98 Å². The van der Waals surface area contributed by atoms with Crippen LogP contribution in [0.3, 0.4) is 0 Å². The van der Waals surface area contributed by atoms with Crippen molar-refractivity contribution in [1.82, 2.24) is 10.1 Å². The second-order valence-corrected chi connectivity index (χ2v) is 6.05. The van der Waals surface area contributed by atoms with E-state index in [1.54, 1.807) is 0 Å². The molecule has 0 aliphatic heterocycles. The maximum Gasteiger partial charge on any atom is 0.227 e. The monoisotopic (exact) mass is 321 g/mol. The third-order valence-electron chi connectivity index (χ3n) is 4.47. The van der Waals surface area contributed by atoms with Crippen molar-refractivity contribution in [2.45, 2.75) is 57.4 Å². The van der Waals surface area contributed by atoms with Crippen LogP contribution in [0.15, 0.2) is 28.8 Å². The van der Waals surface area contributed by atoms with Gasteiger partial charge in [0.2, 0.25) is 5.89 Å². The summed E-state index contributed by atoms with van der Waals surface area (Å²) in [6.45, 7) is 2.17. The van der Waals surface area contributed by atoms with E-state index in [9.17, 15) is 0 Å². The minimum Gasteiger partial charge on any atom is -0.339 e. The molecule has 1 aliphatic rings. The summed E-state index contributed by atoms with van der Waals surface area (Å²) >= 11 is 0. The summed E-state index contributed by atoms with van der Waals surface area (Å²) in [5, 5.41) is 4.10. The van der Waals surface area contributed by atoms with E-state index in [0.29, 0.717) is 11.7 Å². The Labute approximate surface area is 137 Å². The molecule has 1 saturated carbocycles. The van der Waals surface area contributed by atoms with Gasteiger partial charge in [0.1, 0.15) is 0 Å². The summed E-state index contributed by atoms with van der Waals surface area (Å²) in [7, 11) is 0. The molecule has 1 heterocycles. The Hall–Kier alpha value is -1.39. The molecule has 0 atom stereocenters. The molecule has 0 radical (unpaired) electrons. The molecule has 1 fully saturated rings. The Morgan fingerprint density at radius 2 is 1.73 bits per heavy atom. The number of benzene rings is 1. The van der Waals surface area contributed by atoms with Crippen LogP contribution < -0.4 is 5.73 Å². The molecule has 1 aromatic carbocycles. The van der Waals surface area contributed by atoms with E-state index in [0.717, 1.165) is 44.9 Å². The van der Waals surface area contributed by atoms with Crippen LogP contribution in [0.4, 0.5) is 0 Å². The van der Waals surface area contributed by atoms with Gasteiger partial charge in [0.05, 0.1) is 5.54 Å². The minimum atomic E-state index is -0.357. The number of nitrogens with zero attached hydrogens (tertiary/aromatic N) is 2. The summed E-state index contributed by atoms with van der Waals surface area (Å²) in [6, 6.07) is 8.72. The van der Waals surface area contributed by atoms with Gasteiger partial charge in [0.15, 0.2) is 5.82 Å². The molecule has 1 aromatic heterocycles. The lowest BCUT2D eigenvalue weighted by atomic mass is 9.99. The molecule has 4 nitrogen and oxygen atoms in total. The van der Waals surface area contributed by atoms with Crippen molar-refractivity contribution in [3.63, 3.8) is 0 Å². The second-order valence-electron chi connectivity index (χ2n) is 6.05. The number of aromatic nitrogens is 2. The van der Waals surface area contributed by atoms with Crippen LogP contribution in [0.2, 0.25) is 0 Å². The van der Waals surface area contributed by atoms with Gasteiger partial charge in [-0.05, 0) is 36.8 Å². The Morgan fingerprint density at radius 3 is 2.36 bits per heavy atom. The topological polar surface area (TPSA) is 64.9 Å². The average molecular weight is 322 g/mol. The Kier molecular flexibility index (Phi) is 5.59. The number of rotatable bonds is 5. The van der Waals surface area contributed by atoms with Crippen molar-refractivity contribution in [3.05, 3.63) is 47.1 Å². The van der Waals surface area contributed by atoms with E-state index in [2.05, 4.69) is 41.3 Å². The van der Waals surface area contributed by atoms with Gasteiger partial charge in [-0.3, -0.25) is 0 Å². The zero-order valence-corrected chi connectivity index (χ0v) is 13.9. The summed E-state index contributed by atoms with van der Waals surface area (Å²) in [5.41, 5.74) is 8.66. The third kappa shape index (κ3) is 3.68. The van der Waals surface area contributed by atoms with Gasteiger partial charge in [-0.1, -0.05) is 49.2 Å². The van der Waals surface area contributed by atoms with E-state index < -0.39 is 0 Å². The second kappa shape index (κ2) is 7.25. The fourth-order valence-corrected chi connectivity index (χ4v) is 2.98. The summed E-state index contributed by atoms with van der Waals surface area (Å²) in [6.07, 6.45) is 7.01. The van der Waals surface area contributed by atoms with E-state index in [1.165, 1.54) is 11.1 Å². The van der Waals surface area contributed by atoms with Crippen molar-refractivity contribution in [1.29, 1.82) is 0 Å². The van der Waals surface area contributed by atoms with Crippen LogP contribution in [0.5, 0.6) is 0 Å². The number of halogens is 1. The molecule has 2 aromatic rings. The molecule has 0 amide bonds. The van der Waals surface area contributed by atoms with Gasteiger partial charge in [-0.25, -0.2) is 0 Å². The Bertz CT molecular complexity index is 588. The highest BCUT2D eigenvalue weighted by atomic mass is 35.5. The molecule has 0 unspecified atom stereocenters. The Balaban J connectivity index is 0.00000176. The van der Waals surface area contributed by atoms with Crippen LogP contribution in [0.1, 0.15) is 55.4 Å². The number of aryl methyl sites for hydroxylation is 3. The molecule has 120 valence electrons. The highest BCUT2D eigenvalue weighted by molar-refractivity contribution is 5.85. The highest BCUT2D eigenvalue weighted by Gasteiger charge is 2.35. The predicted molar refractivity (Wildman–Crippen MR) is 89.1 cm³/mol. The SMILES string of the molecule is CCc1ccc(CCc2nc(C3(N)CCCC3)no2)cc1.Cl. The largest absolute Gasteiger partial charge is 0.339 e. The fraction of sp³-hybridized carbons (Fsp3) is 0.529. The molecule has 2 N–H and O–H groups in total. The van der Waals surface area contributed by atoms with Crippen molar-refractivity contribution < 1.29 is 4.52 Å². The molecule has 5 heteroatoms. The average Bonchev–Trinajstić information content (AvgIpc) is 3.15. The molecule has 3 rings (SSSR count). The lowest BCUT2D eigenvalue weighted by Gasteiger charge is -2.17. The van der Waals surface area contributed by atoms with Crippen molar-refractivity contribution >= 4 is 12.4 Å². The van der Waals surface area contributed by atoms with E-state index in [4.69, 9.17) is 10.3 Å². The lowest BCUT2D eigenvalue weighted by molar-refractivity contribution is 0.348. The minimum absolute atomic E-state index is 0. The van der Waals surface area contributed by atoms with Crippen molar-refractivity contribution in [3.8, 4) is 0 Å². The molecule has 0 spiro atoms. The number of hydrogen-bond donors (Lipinski definition) is 1. The smallest absolute Gasteiger partial charge is 0.227 e. The maximum atomic E-state index is 6.35. The third-order valence-corrected chi connectivity index (χ3v) is 4.47. The maximum absolute atomic E-state index is 6.35. The standard InChI is InChI=1S/C17H23N3O.ClH/c1-2-13-5-7-14(8-6-13)9-10-15-19-16(20-21-15)17(18)11-3-4-12-17;/h5-8H,2-4,9-12,18H2,1H3;1H. The summed E-state index contributed by atoms with van der Waals surface area (Å²) in [4.78, 5) is 4.51. The first-order valence-electron chi connectivity index (χ1n) is 7.89. The quantitative estimate of drug-likeness (QED) is 0.914. The van der Waals surface area contributed by atoms with Gasteiger partial charge in [0, 0.05) is 6.42 Å². The zero-order valence-electron chi connectivity index (χ0n) is 13.0. The summed E-state index contributed by atoms with van der Waals surface area (Å²) < 4.78 is 5.37. The van der Waals surface area contributed by atoms with Crippen molar-refractivity contribution in [2.75, 3.05) is 0 Å². The number of nitrogens with two attached hydrogens (primary N) is 1. The van der Waals surface area contributed by atoms with Crippen LogP contribution >= 0.6 is 12.4 Å². The van der Waals surface area contributed by atoms with Crippen LogP contribution in [-0.2, 0) is 24.8 Å². The lowest BCUT2D eigenvalue weighted by Crippen LogP contribution is -2.34. The highest BCUT2D eigenvalue weighted by Crippen LogP contribution is 2.34. The summed E-state index contributed by atoms with van der Waals surface area (Å²) in [5.74, 6) is 1.39. The van der Waals surface area contributed by atoms with E-state index >= 15 is 0 Å².